The van der Waals surface area contributed by atoms with Crippen LogP contribution in [0.25, 0.3) is 0 Å². The number of furan rings is 1. The monoisotopic (exact) mass is 377 g/mol. The van der Waals surface area contributed by atoms with E-state index in [1.807, 2.05) is 13.0 Å². The van der Waals surface area contributed by atoms with E-state index in [1.54, 1.807) is 12.1 Å². The lowest BCUT2D eigenvalue weighted by atomic mass is 10.2. The summed E-state index contributed by atoms with van der Waals surface area (Å²) in [7, 11) is 0. The number of hydrogen-bond donors (Lipinski definition) is 0. The van der Waals surface area contributed by atoms with Crippen molar-refractivity contribution >= 4 is 39.4 Å². The summed E-state index contributed by atoms with van der Waals surface area (Å²) in [6.45, 7) is 3.77. The van der Waals surface area contributed by atoms with Crippen LogP contribution in [0.15, 0.2) is 38.1 Å². The Bertz CT molecular complexity index is 764. The van der Waals surface area contributed by atoms with Crippen molar-refractivity contribution in [2.45, 2.75) is 19.8 Å². The number of aryl methyl sites for hydroxylation is 1. The zero-order chi connectivity index (χ0) is 16.4. The molecule has 1 aliphatic rings. The van der Waals surface area contributed by atoms with Crippen LogP contribution in [-0.2, 0) is 0 Å². The summed E-state index contributed by atoms with van der Waals surface area (Å²) in [5.74, 6) is 1.36. The van der Waals surface area contributed by atoms with Crippen LogP contribution in [0.2, 0.25) is 0 Å². The molecule has 0 N–H and O–H groups in total. The molecular formula is C16H16BrN3O3. The molecule has 0 unspecified atom stereocenters. The van der Waals surface area contributed by atoms with Gasteiger partial charge in [-0.25, -0.2) is 4.99 Å². The van der Waals surface area contributed by atoms with Crippen LogP contribution in [0.3, 0.4) is 0 Å². The first-order valence-electron chi connectivity index (χ1n) is 7.38. The van der Waals surface area contributed by atoms with Gasteiger partial charge in [0, 0.05) is 25.2 Å². The number of nitro benzene ring substituents is 1. The summed E-state index contributed by atoms with van der Waals surface area (Å²) >= 11 is 3.50. The average Bonchev–Trinajstić information content (AvgIpc) is 3.15. The molecule has 2 heterocycles. The van der Waals surface area contributed by atoms with E-state index in [2.05, 4.69) is 25.8 Å². The number of aliphatic imine (C=N–C) groups is 1. The SMILES string of the molecule is Cc1ccc(N=Cc2cc(Br)c(N3CCCC3)o2)c([N+](=O)[O-])c1. The van der Waals surface area contributed by atoms with Crippen molar-refractivity contribution in [2.24, 2.45) is 4.99 Å². The third kappa shape index (κ3) is 3.44. The number of benzene rings is 1. The number of halogens is 1. The van der Waals surface area contributed by atoms with Crippen LogP contribution in [0.4, 0.5) is 17.3 Å². The van der Waals surface area contributed by atoms with E-state index < -0.39 is 4.92 Å². The predicted octanol–water partition coefficient (Wildman–Crippen LogP) is 4.61. The lowest BCUT2D eigenvalue weighted by molar-refractivity contribution is -0.384. The summed E-state index contributed by atoms with van der Waals surface area (Å²) in [6, 6.07) is 6.79. The van der Waals surface area contributed by atoms with E-state index >= 15 is 0 Å². The molecule has 0 aliphatic carbocycles. The second-order valence-electron chi connectivity index (χ2n) is 5.50. The first-order chi connectivity index (χ1) is 11.0. The Morgan fingerprint density at radius 1 is 1.35 bits per heavy atom. The predicted molar refractivity (Wildman–Crippen MR) is 92.9 cm³/mol. The van der Waals surface area contributed by atoms with Gasteiger partial charge in [0.15, 0.2) is 0 Å². The summed E-state index contributed by atoms with van der Waals surface area (Å²) < 4.78 is 6.68. The molecule has 0 atom stereocenters. The van der Waals surface area contributed by atoms with Crippen molar-refractivity contribution in [2.75, 3.05) is 18.0 Å². The largest absolute Gasteiger partial charge is 0.438 e. The van der Waals surface area contributed by atoms with Gasteiger partial charge in [0.1, 0.15) is 11.4 Å². The number of anilines is 1. The smallest absolute Gasteiger partial charge is 0.295 e. The van der Waals surface area contributed by atoms with E-state index in [0.29, 0.717) is 11.4 Å². The highest BCUT2D eigenvalue weighted by Gasteiger charge is 2.19. The average molecular weight is 378 g/mol. The molecule has 1 saturated heterocycles. The van der Waals surface area contributed by atoms with E-state index in [9.17, 15) is 10.1 Å². The lowest BCUT2D eigenvalue weighted by Crippen LogP contribution is -2.17. The molecule has 1 fully saturated rings. The van der Waals surface area contributed by atoms with Gasteiger partial charge in [0.05, 0.1) is 15.6 Å². The van der Waals surface area contributed by atoms with Crippen molar-refractivity contribution in [1.82, 2.24) is 0 Å². The number of rotatable bonds is 4. The van der Waals surface area contributed by atoms with Gasteiger partial charge in [-0.2, -0.15) is 0 Å². The normalized spacial score (nSPS) is 14.8. The Balaban J connectivity index is 1.86. The molecule has 0 amide bonds. The summed E-state index contributed by atoms with van der Waals surface area (Å²) in [5.41, 5.74) is 1.13. The Morgan fingerprint density at radius 2 is 2.09 bits per heavy atom. The standard InChI is InChI=1S/C16H16BrN3O3/c1-11-4-5-14(15(8-11)20(21)22)18-10-12-9-13(17)16(23-12)19-6-2-3-7-19/h4-5,8-10H,2-3,6-7H2,1H3. The molecule has 2 aromatic rings. The Morgan fingerprint density at radius 3 is 2.78 bits per heavy atom. The molecule has 1 aromatic heterocycles. The maximum absolute atomic E-state index is 11.1. The van der Waals surface area contributed by atoms with Gasteiger partial charge >= 0.3 is 0 Å². The van der Waals surface area contributed by atoms with Crippen molar-refractivity contribution < 1.29 is 9.34 Å². The van der Waals surface area contributed by atoms with Gasteiger partial charge in [-0.15, -0.1) is 0 Å². The number of nitro groups is 1. The van der Waals surface area contributed by atoms with Crippen molar-refractivity contribution in [3.05, 3.63) is 50.2 Å². The fraction of sp³-hybridized carbons (Fsp3) is 0.312. The van der Waals surface area contributed by atoms with Gasteiger partial charge in [-0.3, -0.25) is 10.1 Å². The summed E-state index contributed by atoms with van der Waals surface area (Å²) in [5, 5.41) is 11.1. The fourth-order valence-corrected chi connectivity index (χ4v) is 3.16. The molecule has 0 saturated carbocycles. The van der Waals surface area contributed by atoms with E-state index in [-0.39, 0.29) is 5.69 Å². The van der Waals surface area contributed by atoms with Crippen molar-refractivity contribution in [3.8, 4) is 0 Å². The third-order valence-corrected chi connectivity index (χ3v) is 4.31. The quantitative estimate of drug-likeness (QED) is 0.443. The van der Waals surface area contributed by atoms with Gasteiger partial charge in [0.2, 0.25) is 5.88 Å². The minimum Gasteiger partial charge on any atom is -0.438 e. The van der Waals surface area contributed by atoms with E-state index in [1.165, 1.54) is 12.3 Å². The van der Waals surface area contributed by atoms with Gasteiger partial charge in [-0.05, 0) is 47.3 Å². The Kier molecular flexibility index (Phi) is 4.47. The molecule has 6 nitrogen and oxygen atoms in total. The minimum absolute atomic E-state index is 0.00774. The third-order valence-electron chi connectivity index (χ3n) is 3.74. The van der Waals surface area contributed by atoms with Crippen molar-refractivity contribution in [1.29, 1.82) is 0 Å². The van der Waals surface area contributed by atoms with Crippen LogP contribution in [0.5, 0.6) is 0 Å². The lowest BCUT2D eigenvalue weighted by Gasteiger charge is -2.13. The molecule has 0 bridgehead atoms. The molecule has 0 spiro atoms. The topological polar surface area (TPSA) is 71.9 Å². The highest BCUT2D eigenvalue weighted by Crippen LogP contribution is 2.33. The Labute approximate surface area is 142 Å². The first-order valence-corrected chi connectivity index (χ1v) is 8.17. The molecule has 7 heteroatoms. The van der Waals surface area contributed by atoms with Gasteiger partial charge in [-0.1, -0.05) is 6.07 Å². The van der Waals surface area contributed by atoms with Crippen LogP contribution in [0, 0.1) is 17.0 Å². The van der Waals surface area contributed by atoms with Crippen LogP contribution >= 0.6 is 15.9 Å². The highest BCUT2D eigenvalue weighted by atomic mass is 79.9. The van der Waals surface area contributed by atoms with Crippen molar-refractivity contribution in [3.63, 3.8) is 0 Å². The van der Waals surface area contributed by atoms with Gasteiger partial charge in [0.25, 0.3) is 5.69 Å². The summed E-state index contributed by atoms with van der Waals surface area (Å²) in [6.07, 6.45) is 3.83. The second kappa shape index (κ2) is 6.54. The molecule has 3 rings (SSSR count). The number of nitrogens with zero attached hydrogens (tertiary/aromatic N) is 3. The zero-order valence-electron chi connectivity index (χ0n) is 12.7. The highest BCUT2D eigenvalue weighted by molar-refractivity contribution is 9.10. The first kappa shape index (κ1) is 15.7. The van der Waals surface area contributed by atoms with Crippen LogP contribution in [0.1, 0.15) is 24.2 Å². The molecule has 120 valence electrons. The molecule has 1 aromatic carbocycles. The maximum Gasteiger partial charge on any atom is 0.295 e. The minimum atomic E-state index is -0.423. The molecule has 23 heavy (non-hydrogen) atoms. The molecule has 1 aliphatic heterocycles. The fourth-order valence-electron chi connectivity index (χ4n) is 2.60. The molecular weight excluding hydrogens is 362 g/mol. The van der Waals surface area contributed by atoms with E-state index in [4.69, 9.17) is 4.42 Å². The van der Waals surface area contributed by atoms with Crippen LogP contribution < -0.4 is 4.90 Å². The maximum atomic E-state index is 11.1. The van der Waals surface area contributed by atoms with Crippen LogP contribution in [-0.4, -0.2) is 24.2 Å². The number of hydrogen-bond acceptors (Lipinski definition) is 5. The summed E-state index contributed by atoms with van der Waals surface area (Å²) in [4.78, 5) is 17.1. The Hall–Kier alpha value is -2.15. The van der Waals surface area contributed by atoms with Gasteiger partial charge < -0.3 is 9.32 Å². The molecule has 0 radical (unpaired) electrons. The zero-order valence-corrected chi connectivity index (χ0v) is 14.2. The van der Waals surface area contributed by atoms with E-state index in [0.717, 1.165) is 41.9 Å². The second-order valence-corrected chi connectivity index (χ2v) is 6.36.